The molecule has 1 aromatic rings. The Labute approximate surface area is 208 Å². The average molecular weight is 545 g/mol. The van der Waals surface area contributed by atoms with Gasteiger partial charge in [0.15, 0.2) is 0 Å². The smallest absolute Gasteiger partial charge is 0.461 e. The van der Waals surface area contributed by atoms with Crippen LogP contribution in [-0.4, -0.2) is 73.0 Å². The maximum absolute atomic E-state index is 12.5. The van der Waals surface area contributed by atoms with Crippen LogP contribution in [0.2, 0.25) is 0 Å². The summed E-state index contributed by atoms with van der Waals surface area (Å²) < 4.78 is 67.9. The zero-order chi connectivity index (χ0) is 26.8. The standard InChI is InChI=1S/C12H17ClF3N3O2S.C7H10N2O2.CH5N/c13-3-5-19-4-1-2-8-6-9(17)10(7-11(8)19)18-22(20,21)12(14,15)16;1-3-11-7(10)6-4-8-5-9(6)2;1-2/h7,9,18H,1-6,17H2;4-5H,3H2,1-2H3;2H2,1H3. The number of hydrogen-bond donors (Lipinski definition) is 3. The van der Waals surface area contributed by atoms with Crippen LogP contribution in [0.25, 0.3) is 0 Å². The number of aryl methyl sites for hydroxylation is 1. The summed E-state index contributed by atoms with van der Waals surface area (Å²) in [5, 5.41) is 0. The van der Waals surface area contributed by atoms with Crippen molar-refractivity contribution in [2.45, 2.75) is 37.7 Å². The van der Waals surface area contributed by atoms with E-state index in [1.54, 1.807) is 29.6 Å². The van der Waals surface area contributed by atoms with E-state index in [0.29, 0.717) is 31.1 Å². The third kappa shape index (κ3) is 8.40. The summed E-state index contributed by atoms with van der Waals surface area (Å²) in [7, 11) is -2.21. The lowest BCUT2D eigenvalue weighted by Gasteiger charge is -2.36. The third-order valence-corrected chi connectivity index (χ3v) is 6.26. The number of nitrogens with zero attached hydrogens (tertiary/aromatic N) is 3. The van der Waals surface area contributed by atoms with Crippen LogP contribution in [0.1, 0.15) is 36.7 Å². The van der Waals surface area contributed by atoms with E-state index in [0.717, 1.165) is 30.7 Å². The van der Waals surface area contributed by atoms with E-state index in [1.807, 2.05) is 4.90 Å². The minimum absolute atomic E-state index is 0.141. The SMILES string of the molecule is CCOC(=O)c1cncn1C.CN.NC1CC2=C(C=C1NS(=O)(=O)C(F)(F)F)N(CCCl)CCC2. The summed E-state index contributed by atoms with van der Waals surface area (Å²) in [4.78, 5) is 16.8. The molecule has 1 aromatic heterocycles. The second-order valence-corrected chi connectivity index (χ2v) is 9.39. The molecule has 1 atom stereocenters. The number of esters is 1. The molecule has 0 amide bonds. The number of rotatable bonds is 6. The van der Waals surface area contributed by atoms with E-state index >= 15 is 0 Å². The number of allylic oxidation sites excluding steroid dienone is 1. The van der Waals surface area contributed by atoms with Crippen LogP contribution in [-0.2, 0) is 21.8 Å². The third-order valence-electron chi connectivity index (χ3n) is 4.98. The molecule has 0 spiro atoms. The first-order valence-corrected chi connectivity index (χ1v) is 12.7. The van der Waals surface area contributed by atoms with Gasteiger partial charge in [0, 0.05) is 43.5 Å². The van der Waals surface area contributed by atoms with Crippen LogP contribution in [0.4, 0.5) is 13.2 Å². The van der Waals surface area contributed by atoms with Crippen molar-refractivity contribution in [3.8, 4) is 0 Å². The molecule has 1 unspecified atom stereocenters. The Morgan fingerprint density at radius 3 is 2.54 bits per heavy atom. The molecule has 0 bridgehead atoms. The molecule has 0 saturated carbocycles. The number of halogens is 4. The molecule has 200 valence electrons. The summed E-state index contributed by atoms with van der Waals surface area (Å²) in [6, 6.07) is -0.799. The zero-order valence-electron chi connectivity index (χ0n) is 19.8. The number of hydrogen-bond acceptors (Lipinski definition) is 8. The number of sulfonamides is 1. The Morgan fingerprint density at radius 2 is 2.03 bits per heavy atom. The fourth-order valence-electron chi connectivity index (χ4n) is 3.40. The number of aromatic nitrogens is 2. The second kappa shape index (κ2) is 13.7. The van der Waals surface area contributed by atoms with Crippen LogP contribution in [0.3, 0.4) is 0 Å². The number of alkyl halides is 4. The number of imidazole rings is 1. The monoisotopic (exact) mass is 544 g/mol. The van der Waals surface area contributed by atoms with Crippen molar-refractivity contribution >= 4 is 27.6 Å². The average Bonchev–Trinajstić information content (AvgIpc) is 3.22. The lowest BCUT2D eigenvalue weighted by Crippen LogP contribution is -2.44. The predicted molar refractivity (Wildman–Crippen MR) is 127 cm³/mol. The quantitative estimate of drug-likeness (QED) is 0.363. The largest absolute Gasteiger partial charge is 0.516 e. The summed E-state index contributed by atoms with van der Waals surface area (Å²) >= 11 is 5.73. The van der Waals surface area contributed by atoms with Gasteiger partial charge in [-0.15, -0.1) is 11.6 Å². The van der Waals surface area contributed by atoms with Crippen LogP contribution in [0.5, 0.6) is 0 Å². The molecule has 3 rings (SSSR count). The van der Waals surface area contributed by atoms with Gasteiger partial charge in [-0.3, -0.25) is 4.72 Å². The molecule has 2 heterocycles. The van der Waals surface area contributed by atoms with Gasteiger partial charge in [0.1, 0.15) is 5.69 Å². The summed E-state index contributed by atoms with van der Waals surface area (Å²) in [6.07, 6.45) is 6.50. The highest BCUT2D eigenvalue weighted by molar-refractivity contribution is 7.90. The predicted octanol–water partition coefficient (Wildman–Crippen LogP) is 1.80. The van der Waals surface area contributed by atoms with Crippen molar-refractivity contribution in [1.82, 2.24) is 19.2 Å². The topological polar surface area (TPSA) is 146 Å². The molecule has 0 radical (unpaired) electrons. The van der Waals surface area contributed by atoms with E-state index in [2.05, 4.69) is 10.7 Å². The number of carbonyl (C=O) groups is 1. The Balaban J connectivity index is 0.000000395. The second-order valence-electron chi connectivity index (χ2n) is 7.34. The summed E-state index contributed by atoms with van der Waals surface area (Å²) in [5.74, 6) is 0.0489. The van der Waals surface area contributed by atoms with Crippen LogP contribution in [0, 0.1) is 0 Å². The molecule has 0 saturated heterocycles. The number of nitrogens with two attached hydrogens (primary N) is 2. The van der Waals surface area contributed by atoms with Crippen LogP contribution in [0.15, 0.2) is 35.6 Å². The molecule has 2 aliphatic rings. The molecule has 5 N–H and O–H groups in total. The minimum atomic E-state index is -5.46. The Bertz CT molecular complexity index is 1010. The van der Waals surface area contributed by atoms with Crippen molar-refractivity contribution in [3.63, 3.8) is 0 Å². The van der Waals surface area contributed by atoms with Gasteiger partial charge in [0.25, 0.3) is 0 Å². The van der Waals surface area contributed by atoms with E-state index in [9.17, 15) is 26.4 Å². The van der Waals surface area contributed by atoms with Gasteiger partial charge in [-0.05, 0) is 44.9 Å². The molecule has 35 heavy (non-hydrogen) atoms. The summed E-state index contributed by atoms with van der Waals surface area (Å²) in [6.45, 7) is 3.44. The van der Waals surface area contributed by atoms with E-state index < -0.39 is 21.6 Å². The Hall–Kier alpha value is -2.29. The summed E-state index contributed by atoms with van der Waals surface area (Å²) in [5.41, 5.74) is 7.04. The van der Waals surface area contributed by atoms with E-state index in [4.69, 9.17) is 22.1 Å². The number of nitrogens with one attached hydrogen (secondary N) is 1. The maximum Gasteiger partial charge on any atom is 0.516 e. The van der Waals surface area contributed by atoms with Gasteiger partial charge < -0.3 is 25.7 Å². The molecule has 10 nitrogen and oxygen atoms in total. The molecule has 15 heteroatoms. The lowest BCUT2D eigenvalue weighted by atomic mass is 9.90. The number of ether oxygens (including phenoxy) is 1. The molecule has 1 aliphatic heterocycles. The Kier molecular flexibility index (Phi) is 12.0. The molecule has 0 aromatic carbocycles. The first-order chi connectivity index (χ1) is 16.4. The first kappa shape index (κ1) is 30.7. The fraction of sp³-hybridized carbons (Fsp3) is 0.600. The number of carbonyl (C=O) groups excluding carboxylic acids is 1. The van der Waals surface area contributed by atoms with Crippen molar-refractivity contribution in [2.75, 3.05) is 32.6 Å². The van der Waals surface area contributed by atoms with Gasteiger partial charge in [0.05, 0.1) is 19.1 Å². The van der Waals surface area contributed by atoms with Gasteiger partial charge in [0.2, 0.25) is 0 Å². The fourth-order valence-corrected chi connectivity index (χ4v) is 4.24. The first-order valence-electron chi connectivity index (χ1n) is 10.7. The van der Waals surface area contributed by atoms with Crippen molar-refractivity contribution < 1.29 is 31.1 Å². The van der Waals surface area contributed by atoms with Gasteiger partial charge in [-0.2, -0.15) is 21.6 Å². The van der Waals surface area contributed by atoms with Crippen molar-refractivity contribution in [3.05, 3.63) is 41.3 Å². The van der Waals surface area contributed by atoms with Gasteiger partial charge in [-0.25, -0.2) is 9.78 Å². The normalized spacial score (nSPS) is 17.8. The van der Waals surface area contributed by atoms with Gasteiger partial charge in [-0.1, -0.05) is 0 Å². The van der Waals surface area contributed by atoms with Crippen molar-refractivity contribution in [1.29, 1.82) is 0 Å². The molecular weight excluding hydrogens is 513 g/mol. The van der Waals surface area contributed by atoms with Crippen LogP contribution >= 0.6 is 11.6 Å². The molecule has 1 aliphatic carbocycles. The molecule has 0 fully saturated rings. The Morgan fingerprint density at radius 1 is 1.37 bits per heavy atom. The van der Waals surface area contributed by atoms with Crippen molar-refractivity contribution in [2.24, 2.45) is 18.5 Å². The van der Waals surface area contributed by atoms with Gasteiger partial charge >= 0.3 is 21.5 Å². The zero-order valence-corrected chi connectivity index (χ0v) is 21.4. The highest BCUT2D eigenvalue weighted by Crippen LogP contribution is 2.33. The van der Waals surface area contributed by atoms with Crippen LogP contribution < -0.4 is 16.2 Å². The maximum atomic E-state index is 12.5. The highest BCUT2D eigenvalue weighted by atomic mass is 35.5. The highest BCUT2D eigenvalue weighted by Gasteiger charge is 2.47. The van der Waals surface area contributed by atoms with E-state index in [-0.39, 0.29) is 11.7 Å². The van der Waals surface area contributed by atoms with E-state index in [1.165, 1.54) is 19.3 Å². The lowest BCUT2D eigenvalue weighted by molar-refractivity contribution is -0.0445. The molecular formula is C20H32ClF3N6O4S. The minimum Gasteiger partial charge on any atom is -0.461 e.